The zero-order chi connectivity index (χ0) is 16.7. The van der Waals surface area contributed by atoms with Crippen LogP contribution in [-0.4, -0.2) is 13.7 Å². The first-order valence-corrected chi connectivity index (χ1v) is 7.99. The lowest BCUT2D eigenvalue weighted by Crippen LogP contribution is -2.13. The number of rotatable bonds is 8. The van der Waals surface area contributed by atoms with Gasteiger partial charge in [-0.2, -0.15) is 0 Å². The molecule has 0 aliphatic rings. The highest BCUT2D eigenvalue weighted by Crippen LogP contribution is 2.34. The van der Waals surface area contributed by atoms with Gasteiger partial charge in [-0.15, -0.1) is 6.58 Å². The molecule has 0 fully saturated rings. The molecule has 0 atom stereocenters. The maximum atomic E-state index is 13.7. The van der Waals surface area contributed by atoms with Gasteiger partial charge in [-0.05, 0) is 23.8 Å². The molecule has 0 saturated heterocycles. The summed E-state index contributed by atoms with van der Waals surface area (Å²) in [6, 6.07) is 10.3. The summed E-state index contributed by atoms with van der Waals surface area (Å²) < 4.78 is 25.7. The quantitative estimate of drug-likeness (QED) is 0.542. The molecule has 0 aliphatic carbocycles. The van der Waals surface area contributed by atoms with E-state index in [1.807, 2.05) is 12.1 Å². The van der Waals surface area contributed by atoms with Gasteiger partial charge in [0.1, 0.15) is 12.4 Å². The summed E-state index contributed by atoms with van der Waals surface area (Å²) in [5.74, 6) is 0.894. The van der Waals surface area contributed by atoms with Crippen LogP contribution >= 0.6 is 15.9 Å². The average Bonchev–Trinajstić information content (AvgIpc) is 2.56. The molecule has 0 radical (unpaired) electrons. The molecule has 2 rings (SSSR count). The van der Waals surface area contributed by atoms with Crippen molar-refractivity contribution in [2.45, 2.75) is 13.2 Å². The molecule has 1 N–H and O–H groups in total. The average molecular weight is 380 g/mol. The third kappa shape index (κ3) is 4.81. The van der Waals surface area contributed by atoms with Gasteiger partial charge < -0.3 is 14.8 Å². The van der Waals surface area contributed by atoms with Crippen LogP contribution in [0.4, 0.5) is 4.39 Å². The van der Waals surface area contributed by atoms with Crippen molar-refractivity contribution in [2.24, 2.45) is 0 Å². The highest BCUT2D eigenvalue weighted by Gasteiger charge is 2.11. The highest BCUT2D eigenvalue weighted by atomic mass is 79.9. The number of hydrogen-bond donors (Lipinski definition) is 1. The molecule has 0 aromatic heterocycles. The summed E-state index contributed by atoms with van der Waals surface area (Å²) in [4.78, 5) is 0. The highest BCUT2D eigenvalue weighted by molar-refractivity contribution is 9.10. The number of nitrogens with one attached hydrogen (secondary N) is 1. The summed E-state index contributed by atoms with van der Waals surface area (Å²) >= 11 is 3.53. The van der Waals surface area contributed by atoms with Crippen molar-refractivity contribution in [3.05, 3.63) is 70.5 Å². The molecular weight excluding hydrogens is 361 g/mol. The van der Waals surface area contributed by atoms with Crippen LogP contribution < -0.4 is 14.8 Å². The topological polar surface area (TPSA) is 30.5 Å². The Kier molecular flexibility index (Phi) is 6.62. The van der Waals surface area contributed by atoms with E-state index < -0.39 is 0 Å². The molecule has 0 heterocycles. The Morgan fingerprint density at radius 2 is 2.00 bits per heavy atom. The van der Waals surface area contributed by atoms with E-state index >= 15 is 0 Å². The Morgan fingerprint density at radius 3 is 2.70 bits per heavy atom. The van der Waals surface area contributed by atoms with Gasteiger partial charge in [-0.25, -0.2) is 4.39 Å². The molecule has 5 heteroatoms. The van der Waals surface area contributed by atoms with E-state index in [0.717, 1.165) is 16.6 Å². The zero-order valence-corrected chi connectivity index (χ0v) is 14.5. The second-order valence-electron chi connectivity index (χ2n) is 4.89. The lowest BCUT2D eigenvalue weighted by atomic mass is 10.2. The smallest absolute Gasteiger partial charge is 0.162 e. The number of benzene rings is 2. The van der Waals surface area contributed by atoms with E-state index in [2.05, 4.69) is 27.8 Å². The van der Waals surface area contributed by atoms with Crippen LogP contribution in [0.3, 0.4) is 0 Å². The van der Waals surface area contributed by atoms with Crippen molar-refractivity contribution in [1.82, 2.24) is 5.32 Å². The fourth-order valence-electron chi connectivity index (χ4n) is 2.06. The van der Waals surface area contributed by atoms with E-state index in [1.165, 1.54) is 6.07 Å². The summed E-state index contributed by atoms with van der Waals surface area (Å²) in [6.45, 7) is 5.21. The Balaban J connectivity index is 2.13. The van der Waals surface area contributed by atoms with Gasteiger partial charge in [0.2, 0.25) is 0 Å². The molecule has 3 nitrogen and oxygen atoms in total. The van der Waals surface area contributed by atoms with E-state index in [9.17, 15) is 4.39 Å². The van der Waals surface area contributed by atoms with Gasteiger partial charge in [0.25, 0.3) is 0 Å². The van der Waals surface area contributed by atoms with Crippen LogP contribution in [0, 0.1) is 5.82 Å². The van der Waals surface area contributed by atoms with E-state index in [0.29, 0.717) is 23.6 Å². The van der Waals surface area contributed by atoms with Crippen LogP contribution in [0.5, 0.6) is 11.5 Å². The minimum Gasteiger partial charge on any atom is -0.493 e. The summed E-state index contributed by atoms with van der Waals surface area (Å²) in [5.41, 5.74) is 1.55. The lowest BCUT2D eigenvalue weighted by molar-refractivity contribution is 0.279. The maximum absolute atomic E-state index is 13.7. The third-order valence-corrected chi connectivity index (χ3v) is 4.02. The number of methoxy groups -OCH3 is 1. The Labute approximate surface area is 144 Å². The first-order chi connectivity index (χ1) is 11.2. The van der Waals surface area contributed by atoms with Crippen molar-refractivity contribution >= 4 is 15.9 Å². The van der Waals surface area contributed by atoms with Crippen molar-refractivity contribution in [3.8, 4) is 11.5 Å². The van der Waals surface area contributed by atoms with Gasteiger partial charge in [-0.1, -0.05) is 40.2 Å². The molecule has 2 aromatic carbocycles. The predicted octanol–water partition coefficient (Wildman–Crippen LogP) is 4.45. The van der Waals surface area contributed by atoms with Crippen LogP contribution in [0.1, 0.15) is 11.1 Å². The maximum Gasteiger partial charge on any atom is 0.162 e. The van der Waals surface area contributed by atoms with Gasteiger partial charge >= 0.3 is 0 Å². The molecule has 0 aliphatic heterocycles. The summed E-state index contributed by atoms with van der Waals surface area (Å²) in [6.07, 6.45) is 1.80. The van der Waals surface area contributed by atoms with Crippen LogP contribution in [-0.2, 0) is 13.2 Å². The Hall–Kier alpha value is -1.85. The van der Waals surface area contributed by atoms with E-state index in [1.54, 1.807) is 31.4 Å². The minimum absolute atomic E-state index is 0.142. The first kappa shape index (κ1) is 17.5. The fraction of sp³-hybridized carbons (Fsp3) is 0.222. The van der Waals surface area contributed by atoms with E-state index in [-0.39, 0.29) is 12.4 Å². The summed E-state index contributed by atoms with van der Waals surface area (Å²) in [7, 11) is 1.58. The molecule has 2 aromatic rings. The monoisotopic (exact) mass is 379 g/mol. The largest absolute Gasteiger partial charge is 0.493 e. The molecule has 122 valence electrons. The summed E-state index contributed by atoms with van der Waals surface area (Å²) in [5, 5.41) is 3.23. The second-order valence-corrected chi connectivity index (χ2v) is 5.75. The van der Waals surface area contributed by atoms with Gasteiger partial charge in [0.05, 0.1) is 7.11 Å². The molecule has 0 spiro atoms. The molecule has 23 heavy (non-hydrogen) atoms. The minimum atomic E-state index is -0.282. The Bertz CT molecular complexity index is 676. The fourth-order valence-corrected chi connectivity index (χ4v) is 2.53. The van der Waals surface area contributed by atoms with Crippen molar-refractivity contribution < 1.29 is 13.9 Å². The number of ether oxygens (including phenoxy) is 2. The van der Waals surface area contributed by atoms with Crippen LogP contribution in [0.2, 0.25) is 0 Å². The molecular formula is C18H19BrFNO2. The zero-order valence-electron chi connectivity index (χ0n) is 12.9. The lowest BCUT2D eigenvalue weighted by Gasteiger charge is -2.14. The first-order valence-electron chi connectivity index (χ1n) is 7.20. The van der Waals surface area contributed by atoms with Crippen molar-refractivity contribution in [1.29, 1.82) is 0 Å². The normalized spacial score (nSPS) is 10.4. The van der Waals surface area contributed by atoms with Crippen molar-refractivity contribution in [3.63, 3.8) is 0 Å². The molecule has 0 amide bonds. The molecule has 0 saturated carbocycles. The molecule has 0 bridgehead atoms. The number of hydrogen-bond acceptors (Lipinski definition) is 3. The predicted molar refractivity (Wildman–Crippen MR) is 93.3 cm³/mol. The molecule has 0 unspecified atom stereocenters. The van der Waals surface area contributed by atoms with Crippen molar-refractivity contribution in [2.75, 3.05) is 13.7 Å². The second kappa shape index (κ2) is 8.70. The Morgan fingerprint density at radius 1 is 1.22 bits per heavy atom. The van der Waals surface area contributed by atoms with Crippen LogP contribution in [0.15, 0.2) is 53.5 Å². The van der Waals surface area contributed by atoms with Gasteiger partial charge in [0, 0.05) is 23.1 Å². The SMILES string of the molecule is C=CCNCc1cc(OC)c(OCc2ccccc2F)cc1Br. The standard InChI is InChI=1S/C18H19BrFNO2/c1-3-8-21-11-14-9-17(22-2)18(10-15(14)19)23-12-13-6-4-5-7-16(13)20/h3-7,9-10,21H,1,8,11-12H2,2H3. The third-order valence-electron chi connectivity index (χ3n) is 3.28. The van der Waals surface area contributed by atoms with Gasteiger partial charge in [-0.3, -0.25) is 0 Å². The van der Waals surface area contributed by atoms with Crippen LogP contribution in [0.25, 0.3) is 0 Å². The number of halogens is 2. The van der Waals surface area contributed by atoms with E-state index in [4.69, 9.17) is 9.47 Å². The van der Waals surface area contributed by atoms with Gasteiger partial charge in [0.15, 0.2) is 11.5 Å².